The molecule has 0 amide bonds. The molecule has 1 N–H and O–H groups in total. The summed E-state index contributed by atoms with van der Waals surface area (Å²) in [4.78, 5) is 4.68. The molecule has 2 unspecified atom stereocenters. The minimum atomic E-state index is -0.347. The van der Waals surface area contributed by atoms with Crippen LogP contribution in [0.15, 0.2) is 17.1 Å². The normalized spacial score (nSPS) is 19.9. The third-order valence-electron chi connectivity index (χ3n) is 7.28. The van der Waals surface area contributed by atoms with Gasteiger partial charge >= 0.3 is 0 Å². The lowest BCUT2D eigenvalue weighted by molar-refractivity contribution is -0.882. The van der Waals surface area contributed by atoms with E-state index in [0.29, 0.717) is 4.48 Å². The van der Waals surface area contributed by atoms with Crippen LogP contribution in [0.25, 0.3) is 0 Å². The maximum Gasteiger partial charge on any atom is 0.204 e. The van der Waals surface area contributed by atoms with Crippen molar-refractivity contribution >= 4 is 5.84 Å². The largest absolute Gasteiger partial charge is 0.345 e. The Bertz CT molecular complexity index is 472. The molecule has 3 nitrogen and oxygen atoms in total. The Morgan fingerprint density at radius 3 is 1.71 bits per heavy atom. The van der Waals surface area contributed by atoms with Crippen molar-refractivity contribution in [2.45, 2.75) is 143 Å². The van der Waals surface area contributed by atoms with Crippen LogP contribution in [0.2, 0.25) is 0 Å². The number of aliphatic hydroxyl groups is 1. The number of hydrogen-bond donors (Lipinski definition) is 1. The van der Waals surface area contributed by atoms with Gasteiger partial charge in [0.1, 0.15) is 6.54 Å². The Labute approximate surface area is 195 Å². The van der Waals surface area contributed by atoms with Crippen LogP contribution >= 0.6 is 0 Å². The van der Waals surface area contributed by atoms with E-state index in [1.54, 1.807) is 0 Å². The van der Waals surface area contributed by atoms with Gasteiger partial charge in [-0.3, -0.25) is 4.48 Å². The molecule has 31 heavy (non-hydrogen) atoms. The van der Waals surface area contributed by atoms with E-state index in [0.717, 1.165) is 26.1 Å². The molecule has 0 saturated carbocycles. The van der Waals surface area contributed by atoms with Gasteiger partial charge in [0.25, 0.3) is 0 Å². The fourth-order valence-corrected chi connectivity index (χ4v) is 5.00. The van der Waals surface area contributed by atoms with E-state index in [9.17, 15) is 5.11 Å². The predicted octanol–water partition coefficient (Wildman–Crippen LogP) is 8.17. The van der Waals surface area contributed by atoms with Crippen molar-refractivity contribution in [3.63, 3.8) is 0 Å². The van der Waals surface area contributed by atoms with E-state index >= 15 is 0 Å². The Morgan fingerprint density at radius 2 is 1.26 bits per heavy atom. The number of hydrogen-bond acceptors (Lipinski definition) is 2. The van der Waals surface area contributed by atoms with Crippen LogP contribution in [0, 0.1) is 0 Å². The van der Waals surface area contributed by atoms with Crippen LogP contribution in [-0.2, 0) is 0 Å². The van der Waals surface area contributed by atoms with Crippen molar-refractivity contribution in [2.75, 3.05) is 19.6 Å². The third-order valence-corrected chi connectivity index (χ3v) is 7.28. The van der Waals surface area contributed by atoms with Crippen molar-refractivity contribution in [1.82, 2.24) is 0 Å². The van der Waals surface area contributed by atoms with Gasteiger partial charge in [-0.15, -0.1) is 0 Å². The van der Waals surface area contributed by atoms with E-state index in [1.807, 2.05) is 6.92 Å². The second-order valence-electron chi connectivity index (χ2n) is 9.77. The lowest BCUT2D eigenvalue weighted by atomic mass is 10.0. The van der Waals surface area contributed by atoms with E-state index in [1.165, 1.54) is 115 Å². The number of allylic oxidation sites excluding steroid dienone is 1. The Balaban J connectivity index is 1.87. The molecule has 0 aromatic heterocycles. The second kappa shape index (κ2) is 18.9. The Hall–Kier alpha value is -0.670. The van der Waals surface area contributed by atoms with Gasteiger partial charge in [0.05, 0.1) is 19.5 Å². The monoisotopic (exact) mass is 435 g/mol. The molecule has 1 rings (SSSR count). The molecular weight excluding hydrogens is 380 g/mol. The SMILES string of the molecule is CCCCCCCCCCCCCCCCCC/C=C/CC1=NCC[N+]1(CC)C(C)O. The number of nitrogens with zero attached hydrogens (tertiary/aromatic N) is 2. The average Bonchev–Trinajstić information content (AvgIpc) is 3.19. The summed E-state index contributed by atoms with van der Waals surface area (Å²) in [6, 6.07) is 0. The van der Waals surface area contributed by atoms with E-state index in [2.05, 4.69) is 31.0 Å². The van der Waals surface area contributed by atoms with E-state index in [4.69, 9.17) is 0 Å². The van der Waals surface area contributed by atoms with Gasteiger partial charge in [-0.25, -0.2) is 4.99 Å². The summed E-state index contributed by atoms with van der Waals surface area (Å²) in [6.45, 7) is 9.11. The number of amidine groups is 1. The molecular formula is C28H55N2O+. The molecule has 0 bridgehead atoms. The summed E-state index contributed by atoms with van der Waals surface area (Å²) in [7, 11) is 0. The smallest absolute Gasteiger partial charge is 0.204 e. The number of rotatable bonds is 21. The van der Waals surface area contributed by atoms with Gasteiger partial charge in [0.2, 0.25) is 5.84 Å². The molecule has 1 aliphatic heterocycles. The molecule has 0 aromatic carbocycles. The minimum Gasteiger partial charge on any atom is -0.345 e. The highest BCUT2D eigenvalue weighted by Gasteiger charge is 2.39. The van der Waals surface area contributed by atoms with Crippen molar-refractivity contribution in [2.24, 2.45) is 4.99 Å². The van der Waals surface area contributed by atoms with Gasteiger partial charge in [-0.05, 0) is 19.8 Å². The zero-order valence-electron chi connectivity index (χ0n) is 21.4. The zero-order chi connectivity index (χ0) is 22.6. The maximum atomic E-state index is 10.2. The van der Waals surface area contributed by atoms with Crippen molar-refractivity contribution in [3.05, 3.63) is 12.2 Å². The molecule has 0 spiro atoms. The van der Waals surface area contributed by atoms with Crippen molar-refractivity contribution in [3.8, 4) is 0 Å². The maximum absolute atomic E-state index is 10.2. The summed E-state index contributed by atoms with van der Waals surface area (Å²) >= 11 is 0. The van der Waals surface area contributed by atoms with Crippen LogP contribution in [-0.4, -0.2) is 41.3 Å². The van der Waals surface area contributed by atoms with E-state index in [-0.39, 0.29) is 6.23 Å². The van der Waals surface area contributed by atoms with Crippen LogP contribution in [0.1, 0.15) is 136 Å². The number of unbranched alkanes of at least 4 members (excludes halogenated alkanes) is 16. The molecule has 0 radical (unpaired) electrons. The van der Waals surface area contributed by atoms with E-state index < -0.39 is 0 Å². The Morgan fingerprint density at radius 1 is 0.774 bits per heavy atom. The summed E-state index contributed by atoms with van der Waals surface area (Å²) in [5.74, 6) is 1.17. The number of quaternary nitrogens is 1. The molecule has 1 aliphatic rings. The highest BCUT2D eigenvalue weighted by Crippen LogP contribution is 2.21. The van der Waals surface area contributed by atoms with Crippen LogP contribution in [0.3, 0.4) is 0 Å². The summed E-state index contributed by atoms with van der Waals surface area (Å²) in [5.41, 5.74) is 0. The zero-order valence-corrected chi connectivity index (χ0v) is 21.4. The molecule has 2 atom stereocenters. The summed E-state index contributed by atoms with van der Waals surface area (Å²) in [6.07, 6.45) is 29.2. The topological polar surface area (TPSA) is 32.6 Å². The lowest BCUT2D eigenvalue weighted by Gasteiger charge is -2.35. The molecule has 0 aromatic rings. The summed E-state index contributed by atoms with van der Waals surface area (Å²) < 4.78 is 0.670. The fraction of sp³-hybridized carbons (Fsp3) is 0.893. The first-order chi connectivity index (χ1) is 15.2. The van der Waals surface area contributed by atoms with Gasteiger partial charge in [0.15, 0.2) is 6.23 Å². The van der Waals surface area contributed by atoms with Gasteiger partial charge in [0, 0.05) is 6.92 Å². The molecule has 0 fully saturated rings. The number of aliphatic imine (C=N–C) groups is 1. The number of aliphatic hydroxyl groups excluding tert-OH is 1. The highest BCUT2D eigenvalue weighted by molar-refractivity contribution is 5.78. The fourth-order valence-electron chi connectivity index (χ4n) is 5.00. The van der Waals surface area contributed by atoms with Gasteiger partial charge in [-0.2, -0.15) is 0 Å². The first-order valence-corrected chi connectivity index (χ1v) is 13.9. The second-order valence-corrected chi connectivity index (χ2v) is 9.77. The van der Waals surface area contributed by atoms with Gasteiger partial charge in [-0.1, -0.05) is 115 Å². The molecule has 0 saturated heterocycles. The lowest BCUT2D eigenvalue weighted by Crippen LogP contribution is -2.56. The third kappa shape index (κ3) is 12.2. The highest BCUT2D eigenvalue weighted by atomic mass is 16.3. The molecule has 182 valence electrons. The predicted molar refractivity (Wildman–Crippen MR) is 138 cm³/mol. The molecule has 0 aliphatic carbocycles. The standard InChI is InChI=1S/C28H55N2O/c1-4-6-7-8-9-10-11-12-13-14-15-16-17-18-19-20-21-22-23-24-28-29-25-26-30(28,5-2)27(3)31/h22-23,27,31H,4-21,24-26H2,1-3H3/q+1/b23-22+. The minimum absolute atomic E-state index is 0.347. The van der Waals surface area contributed by atoms with Crippen LogP contribution in [0.5, 0.6) is 0 Å². The first kappa shape index (κ1) is 28.4. The van der Waals surface area contributed by atoms with Crippen LogP contribution in [0.4, 0.5) is 0 Å². The summed E-state index contributed by atoms with van der Waals surface area (Å²) in [5, 5.41) is 10.2. The van der Waals surface area contributed by atoms with Crippen LogP contribution < -0.4 is 0 Å². The van der Waals surface area contributed by atoms with Gasteiger partial charge < -0.3 is 5.11 Å². The molecule has 3 heteroatoms. The average molecular weight is 436 g/mol. The number of likely N-dealkylation sites (N-methyl/N-ethyl adjacent to an activating group) is 1. The first-order valence-electron chi connectivity index (χ1n) is 13.9. The van der Waals surface area contributed by atoms with Crippen molar-refractivity contribution in [1.29, 1.82) is 0 Å². The van der Waals surface area contributed by atoms with Crippen molar-refractivity contribution < 1.29 is 9.59 Å². The molecule has 1 heterocycles. The Kier molecular flexibility index (Phi) is 17.3. The quantitative estimate of drug-likeness (QED) is 0.110.